The summed E-state index contributed by atoms with van der Waals surface area (Å²) in [4.78, 5) is 11.9. The van der Waals surface area contributed by atoms with Crippen molar-refractivity contribution in [2.45, 2.75) is 51.1 Å². The van der Waals surface area contributed by atoms with Crippen LogP contribution in [-0.4, -0.2) is 44.4 Å². The molecular formula is C26H35F3N4O2. The summed E-state index contributed by atoms with van der Waals surface area (Å²) >= 11 is 0. The zero-order valence-corrected chi connectivity index (χ0v) is 20.2. The second kappa shape index (κ2) is 12.8. The second-order valence-corrected chi connectivity index (χ2v) is 9.10. The maximum Gasteiger partial charge on any atom is 0.416 e. The molecule has 6 nitrogen and oxygen atoms in total. The van der Waals surface area contributed by atoms with Gasteiger partial charge in [0.25, 0.3) is 0 Å². The lowest BCUT2D eigenvalue weighted by molar-refractivity contribution is -0.137. The number of hydrogen-bond donors (Lipinski definition) is 4. The van der Waals surface area contributed by atoms with Crippen molar-refractivity contribution in [1.29, 1.82) is 0 Å². The van der Waals surface area contributed by atoms with Crippen LogP contribution in [0.4, 0.5) is 23.7 Å². The molecule has 0 aliphatic carbocycles. The number of carbonyl (C=O) groups excluding carboxylic acids is 1. The third-order valence-electron chi connectivity index (χ3n) is 5.99. The molecule has 0 saturated carbocycles. The van der Waals surface area contributed by atoms with E-state index in [-0.39, 0.29) is 18.1 Å². The first-order chi connectivity index (χ1) is 16.7. The SMILES string of the molecule is CC(C)NCCNC(=O)NCC1CCC2CNc3ccc(C(F)(F)F)cc3C2O1.c1ccccc1. The molecule has 2 aromatic rings. The van der Waals surface area contributed by atoms with Gasteiger partial charge < -0.3 is 26.0 Å². The van der Waals surface area contributed by atoms with Gasteiger partial charge in [-0.15, -0.1) is 0 Å². The van der Waals surface area contributed by atoms with Crippen molar-refractivity contribution >= 4 is 11.7 Å². The molecule has 0 radical (unpaired) electrons. The standard InChI is InChI=1S/C20H29F3N4O2.C6H6/c1-12(2)24-7-8-25-19(28)27-11-15-5-3-13-10-26-17-6-4-14(20(21,22)23)9-16(17)18(13)29-15;1-2-4-6-5-3-1/h4,6,9,12-13,15,18,24,26H,3,5,7-8,10-11H2,1-2H3,(H2,25,27,28);1-6H. The molecule has 2 amide bonds. The molecular weight excluding hydrogens is 457 g/mol. The van der Waals surface area contributed by atoms with Gasteiger partial charge in [-0.05, 0) is 31.0 Å². The van der Waals surface area contributed by atoms with Gasteiger partial charge in [0.2, 0.25) is 0 Å². The summed E-state index contributed by atoms with van der Waals surface area (Å²) in [6.07, 6.45) is -3.42. The average molecular weight is 493 g/mol. The van der Waals surface area contributed by atoms with Crippen molar-refractivity contribution in [1.82, 2.24) is 16.0 Å². The molecule has 9 heteroatoms. The van der Waals surface area contributed by atoms with Gasteiger partial charge in [0.05, 0.1) is 17.8 Å². The van der Waals surface area contributed by atoms with Crippen LogP contribution in [0.15, 0.2) is 54.6 Å². The van der Waals surface area contributed by atoms with Crippen LogP contribution in [0.1, 0.15) is 43.9 Å². The van der Waals surface area contributed by atoms with Crippen LogP contribution in [0.3, 0.4) is 0 Å². The molecule has 2 aromatic carbocycles. The lowest BCUT2D eigenvalue weighted by Crippen LogP contribution is -2.45. The summed E-state index contributed by atoms with van der Waals surface area (Å²) in [6, 6.07) is 15.8. The normalized spacial score (nSPS) is 21.0. The molecule has 0 aromatic heterocycles. The molecule has 2 aliphatic heterocycles. The Hall–Kier alpha value is -2.78. The number of amides is 2. The minimum absolute atomic E-state index is 0.123. The summed E-state index contributed by atoms with van der Waals surface area (Å²) in [7, 11) is 0. The van der Waals surface area contributed by atoms with Crippen LogP contribution in [0.25, 0.3) is 0 Å². The van der Waals surface area contributed by atoms with E-state index in [9.17, 15) is 18.0 Å². The Bertz CT molecular complexity index is 898. The molecule has 3 unspecified atom stereocenters. The van der Waals surface area contributed by atoms with Crippen LogP contribution < -0.4 is 21.3 Å². The van der Waals surface area contributed by atoms with E-state index in [1.54, 1.807) is 0 Å². The van der Waals surface area contributed by atoms with Crippen LogP contribution in [0.2, 0.25) is 0 Å². The number of ether oxygens (including phenoxy) is 1. The Kier molecular flexibility index (Phi) is 9.80. The number of halogens is 3. The van der Waals surface area contributed by atoms with E-state index in [4.69, 9.17) is 4.74 Å². The first-order valence-corrected chi connectivity index (χ1v) is 12.1. The first-order valence-electron chi connectivity index (χ1n) is 12.1. The molecule has 192 valence electrons. The third kappa shape index (κ3) is 8.43. The highest BCUT2D eigenvalue weighted by atomic mass is 19.4. The topological polar surface area (TPSA) is 74.4 Å². The van der Waals surface area contributed by atoms with Crippen molar-refractivity contribution in [2.75, 3.05) is 31.5 Å². The minimum Gasteiger partial charge on any atom is -0.384 e. The van der Waals surface area contributed by atoms with E-state index in [2.05, 4.69) is 21.3 Å². The molecule has 3 atom stereocenters. The van der Waals surface area contributed by atoms with Crippen molar-refractivity contribution < 1.29 is 22.7 Å². The largest absolute Gasteiger partial charge is 0.416 e. The predicted molar refractivity (Wildman–Crippen MR) is 131 cm³/mol. The fourth-order valence-electron chi connectivity index (χ4n) is 4.19. The highest BCUT2D eigenvalue weighted by Crippen LogP contribution is 2.44. The molecule has 35 heavy (non-hydrogen) atoms. The van der Waals surface area contributed by atoms with E-state index >= 15 is 0 Å². The van der Waals surface area contributed by atoms with Crippen LogP contribution in [0.5, 0.6) is 0 Å². The van der Waals surface area contributed by atoms with Crippen molar-refractivity contribution in [2.24, 2.45) is 5.92 Å². The van der Waals surface area contributed by atoms with Crippen LogP contribution in [-0.2, 0) is 10.9 Å². The van der Waals surface area contributed by atoms with Crippen molar-refractivity contribution in [3.63, 3.8) is 0 Å². The fourth-order valence-corrected chi connectivity index (χ4v) is 4.19. The molecule has 2 heterocycles. The quantitative estimate of drug-likeness (QED) is 0.431. The number of urea groups is 1. The van der Waals surface area contributed by atoms with Gasteiger partial charge >= 0.3 is 12.2 Å². The maximum absolute atomic E-state index is 13.1. The summed E-state index contributed by atoms with van der Waals surface area (Å²) in [5.41, 5.74) is 0.560. The zero-order chi connectivity index (χ0) is 25.3. The molecule has 0 spiro atoms. The van der Waals surface area contributed by atoms with E-state index in [0.29, 0.717) is 43.5 Å². The summed E-state index contributed by atoms with van der Waals surface area (Å²) in [5, 5.41) is 12.0. The van der Waals surface area contributed by atoms with Gasteiger partial charge in [0.15, 0.2) is 0 Å². The number of nitrogens with one attached hydrogen (secondary N) is 4. The Morgan fingerprint density at radius 3 is 2.37 bits per heavy atom. The van der Waals surface area contributed by atoms with Gasteiger partial charge in [-0.3, -0.25) is 0 Å². The molecule has 4 rings (SSSR count). The van der Waals surface area contributed by atoms with Gasteiger partial charge in [-0.2, -0.15) is 13.2 Å². The Morgan fingerprint density at radius 2 is 1.74 bits per heavy atom. The van der Waals surface area contributed by atoms with Crippen molar-refractivity contribution in [3.8, 4) is 0 Å². The minimum atomic E-state index is -4.39. The second-order valence-electron chi connectivity index (χ2n) is 9.10. The van der Waals surface area contributed by atoms with E-state index in [1.165, 1.54) is 12.1 Å². The number of carbonyl (C=O) groups is 1. The van der Waals surface area contributed by atoms with Crippen LogP contribution in [0, 0.1) is 5.92 Å². The lowest BCUT2D eigenvalue weighted by Gasteiger charge is -2.41. The molecule has 2 aliphatic rings. The lowest BCUT2D eigenvalue weighted by atomic mass is 9.83. The first kappa shape index (κ1) is 26.8. The third-order valence-corrected chi connectivity index (χ3v) is 5.99. The van der Waals surface area contributed by atoms with Gasteiger partial charge in [0, 0.05) is 49.4 Å². The monoisotopic (exact) mass is 492 g/mol. The summed E-state index contributed by atoms with van der Waals surface area (Å²) < 4.78 is 45.5. The highest BCUT2D eigenvalue weighted by Gasteiger charge is 2.38. The Balaban J connectivity index is 0.000000497. The Morgan fingerprint density at radius 1 is 1.06 bits per heavy atom. The summed E-state index contributed by atoms with van der Waals surface area (Å²) in [6.45, 7) is 6.26. The van der Waals surface area contributed by atoms with E-state index < -0.39 is 17.8 Å². The number of fused-ring (bicyclic) bond motifs is 3. The summed E-state index contributed by atoms with van der Waals surface area (Å²) in [5.74, 6) is 0.123. The molecule has 1 fully saturated rings. The van der Waals surface area contributed by atoms with Gasteiger partial charge in [-0.1, -0.05) is 50.2 Å². The number of hydrogen-bond acceptors (Lipinski definition) is 4. The number of alkyl halides is 3. The smallest absolute Gasteiger partial charge is 0.384 e. The van der Waals surface area contributed by atoms with Crippen molar-refractivity contribution in [3.05, 3.63) is 65.7 Å². The number of anilines is 1. The zero-order valence-electron chi connectivity index (χ0n) is 20.2. The van der Waals surface area contributed by atoms with Gasteiger partial charge in [-0.25, -0.2) is 4.79 Å². The number of benzene rings is 2. The van der Waals surface area contributed by atoms with Gasteiger partial charge in [0.1, 0.15) is 0 Å². The Labute approximate surface area is 205 Å². The fraction of sp³-hybridized carbons (Fsp3) is 0.500. The highest BCUT2D eigenvalue weighted by molar-refractivity contribution is 5.73. The van der Waals surface area contributed by atoms with E-state index in [0.717, 1.165) is 18.9 Å². The average Bonchev–Trinajstić information content (AvgIpc) is 2.85. The van der Waals surface area contributed by atoms with E-state index in [1.807, 2.05) is 50.2 Å². The maximum atomic E-state index is 13.1. The molecule has 4 N–H and O–H groups in total. The predicted octanol–water partition coefficient (Wildman–Crippen LogP) is 4.95. The number of rotatable bonds is 6. The molecule has 1 saturated heterocycles. The molecule has 0 bridgehead atoms. The van der Waals surface area contributed by atoms with Crippen LogP contribution >= 0.6 is 0 Å².